The zero-order chi connectivity index (χ0) is 20.1. The summed E-state index contributed by atoms with van der Waals surface area (Å²) in [5.74, 6) is -1.78. The van der Waals surface area contributed by atoms with Crippen LogP contribution in [0, 0.1) is 17.6 Å². The number of rotatable bonds is 4. The molecule has 28 heavy (non-hydrogen) atoms. The Balaban J connectivity index is 1.68. The number of hydrogen-bond acceptors (Lipinski definition) is 4. The molecule has 2 aromatic rings. The van der Waals surface area contributed by atoms with Crippen LogP contribution in [0.15, 0.2) is 46.2 Å². The van der Waals surface area contributed by atoms with Gasteiger partial charge < -0.3 is 4.90 Å². The van der Waals surface area contributed by atoms with Gasteiger partial charge in [-0.15, -0.1) is 11.8 Å². The van der Waals surface area contributed by atoms with Gasteiger partial charge in [0, 0.05) is 28.7 Å². The summed E-state index contributed by atoms with van der Waals surface area (Å²) in [6, 6.07) is 7.14. The largest absolute Gasteiger partial charge is 0.310 e. The van der Waals surface area contributed by atoms with Gasteiger partial charge in [0.2, 0.25) is 5.91 Å². The lowest BCUT2D eigenvalue weighted by Crippen LogP contribution is -2.39. The maximum atomic E-state index is 13.9. The Morgan fingerprint density at radius 3 is 2.61 bits per heavy atom. The lowest BCUT2D eigenvalue weighted by molar-refractivity contribution is -0.119. The van der Waals surface area contributed by atoms with E-state index in [1.54, 1.807) is 22.7 Å². The first kappa shape index (κ1) is 19.2. The van der Waals surface area contributed by atoms with Crippen molar-refractivity contribution in [2.24, 2.45) is 5.92 Å². The molecule has 0 radical (unpaired) electrons. The molecule has 0 bridgehead atoms. The molecule has 2 aromatic carbocycles. The van der Waals surface area contributed by atoms with Gasteiger partial charge >= 0.3 is 0 Å². The number of thioether (sulfide) groups is 1. The van der Waals surface area contributed by atoms with Crippen LogP contribution in [0.25, 0.3) is 0 Å². The van der Waals surface area contributed by atoms with Crippen LogP contribution in [0.4, 0.5) is 20.2 Å². The highest BCUT2D eigenvalue weighted by molar-refractivity contribution is 8.00. The van der Waals surface area contributed by atoms with Crippen molar-refractivity contribution in [3.63, 3.8) is 0 Å². The SMILES string of the molecule is CC1CN(C(=O)C2CC2)c2cc(S(=O)(=O)Nc3ccc(F)cc3F)ccc2S1. The average Bonchev–Trinajstić information content (AvgIpc) is 3.47. The first-order chi connectivity index (χ1) is 13.2. The molecule has 4 rings (SSSR count). The van der Waals surface area contributed by atoms with Crippen LogP contribution >= 0.6 is 11.8 Å². The maximum absolute atomic E-state index is 13.9. The third-order valence-corrected chi connectivity index (χ3v) is 7.18. The Morgan fingerprint density at radius 2 is 1.93 bits per heavy atom. The zero-order valence-electron chi connectivity index (χ0n) is 15.0. The molecular weight excluding hydrogens is 406 g/mol. The van der Waals surface area contributed by atoms with Crippen molar-refractivity contribution in [1.29, 1.82) is 0 Å². The van der Waals surface area contributed by atoms with Crippen molar-refractivity contribution in [1.82, 2.24) is 0 Å². The lowest BCUT2D eigenvalue weighted by atomic mass is 10.2. The molecule has 1 atom stereocenters. The summed E-state index contributed by atoms with van der Waals surface area (Å²) in [5, 5.41) is 0.198. The van der Waals surface area contributed by atoms with Gasteiger partial charge in [-0.05, 0) is 43.2 Å². The number of nitrogens with zero attached hydrogens (tertiary/aromatic N) is 1. The summed E-state index contributed by atoms with van der Waals surface area (Å²) in [4.78, 5) is 15.1. The predicted molar refractivity (Wildman–Crippen MR) is 104 cm³/mol. The summed E-state index contributed by atoms with van der Waals surface area (Å²) in [5.41, 5.74) is 0.218. The molecule has 1 aliphatic heterocycles. The Morgan fingerprint density at radius 1 is 1.18 bits per heavy atom. The standard InChI is InChI=1S/C19H18F2N2O3S2/c1-11-10-23(19(24)12-2-3-12)17-9-14(5-7-18(17)27-11)28(25,26)22-16-6-4-13(20)8-15(16)21/h4-9,11-12,22H,2-3,10H2,1H3. The second-order valence-corrected chi connectivity index (χ2v) is 10.2. The van der Waals surface area contributed by atoms with E-state index in [2.05, 4.69) is 4.72 Å². The smallest absolute Gasteiger partial charge is 0.262 e. The first-order valence-corrected chi connectivity index (χ1v) is 11.2. The van der Waals surface area contributed by atoms with Crippen LogP contribution in [-0.4, -0.2) is 26.1 Å². The van der Waals surface area contributed by atoms with Crippen LogP contribution in [0.2, 0.25) is 0 Å². The lowest BCUT2D eigenvalue weighted by Gasteiger charge is -2.33. The zero-order valence-corrected chi connectivity index (χ0v) is 16.6. The molecule has 1 amide bonds. The topological polar surface area (TPSA) is 66.5 Å². The first-order valence-electron chi connectivity index (χ1n) is 8.84. The van der Waals surface area contributed by atoms with Crippen molar-refractivity contribution >= 4 is 39.1 Å². The van der Waals surface area contributed by atoms with Crippen molar-refractivity contribution in [3.8, 4) is 0 Å². The molecule has 9 heteroatoms. The van der Waals surface area contributed by atoms with Gasteiger partial charge in [-0.2, -0.15) is 0 Å². The molecule has 1 N–H and O–H groups in total. The molecule has 1 saturated carbocycles. The number of hydrogen-bond donors (Lipinski definition) is 1. The number of halogens is 2. The average molecular weight is 424 g/mol. The van der Waals surface area contributed by atoms with Gasteiger partial charge in [-0.3, -0.25) is 9.52 Å². The van der Waals surface area contributed by atoms with Crippen LogP contribution in [0.1, 0.15) is 19.8 Å². The van der Waals surface area contributed by atoms with Crippen LogP contribution in [-0.2, 0) is 14.8 Å². The fourth-order valence-electron chi connectivity index (χ4n) is 3.12. The van der Waals surface area contributed by atoms with E-state index in [0.717, 1.165) is 29.9 Å². The van der Waals surface area contributed by atoms with Crippen molar-refractivity contribution < 1.29 is 22.0 Å². The third kappa shape index (κ3) is 3.73. The number of carbonyl (C=O) groups is 1. The van der Waals surface area contributed by atoms with E-state index in [4.69, 9.17) is 0 Å². The van der Waals surface area contributed by atoms with Gasteiger partial charge in [0.05, 0.1) is 16.3 Å². The molecule has 1 unspecified atom stereocenters. The Bertz CT molecular complexity index is 1060. The normalized spacial score (nSPS) is 19.2. The van der Waals surface area contributed by atoms with Gasteiger partial charge in [-0.25, -0.2) is 17.2 Å². The van der Waals surface area contributed by atoms with Gasteiger partial charge in [0.25, 0.3) is 10.0 Å². The Hall–Kier alpha value is -2.13. The Kier molecular flexibility index (Phi) is 4.83. The molecule has 0 spiro atoms. The highest BCUT2D eigenvalue weighted by atomic mass is 32.2. The summed E-state index contributed by atoms with van der Waals surface area (Å²) in [6.45, 7) is 2.53. The number of fused-ring (bicyclic) bond motifs is 1. The minimum absolute atomic E-state index is 0.00912. The minimum Gasteiger partial charge on any atom is -0.310 e. The number of benzene rings is 2. The third-order valence-electron chi connectivity index (χ3n) is 4.67. The molecule has 2 aliphatic rings. The quantitative estimate of drug-likeness (QED) is 0.806. The van der Waals surface area contributed by atoms with Gasteiger partial charge in [0.15, 0.2) is 0 Å². The van der Waals surface area contributed by atoms with E-state index < -0.39 is 21.7 Å². The molecule has 1 aliphatic carbocycles. The summed E-state index contributed by atoms with van der Waals surface area (Å²) < 4.78 is 54.5. The minimum atomic E-state index is -4.11. The summed E-state index contributed by atoms with van der Waals surface area (Å²) in [6.07, 6.45) is 1.71. The van der Waals surface area contributed by atoms with E-state index in [-0.39, 0.29) is 27.7 Å². The van der Waals surface area contributed by atoms with E-state index in [1.807, 2.05) is 6.92 Å². The Labute approximate surface area is 166 Å². The molecule has 1 heterocycles. The van der Waals surface area contributed by atoms with E-state index in [9.17, 15) is 22.0 Å². The van der Waals surface area contributed by atoms with Crippen molar-refractivity contribution in [3.05, 3.63) is 48.0 Å². The fourth-order valence-corrected chi connectivity index (χ4v) is 5.30. The van der Waals surface area contributed by atoms with Crippen molar-refractivity contribution in [2.45, 2.75) is 34.8 Å². The molecule has 1 fully saturated rings. The van der Waals surface area contributed by atoms with Gasteiger partial charge in [-0.1, -0.05) is 6.92 Å². The number of amides is 1. The number of nitrogens with one attached hydrogen (secondary N) is 1. The van der Waals surface area contributed by atoms with E-state index in [0.29, 0.717) is 18.3 Å². The van der Waals surface area contributed by atoms with Crippen LogP contribution < -0.4 is 9.62 Å². The maximum Gasteiger partial charge on any atom is 0.262 e. The number of anilines is 2. The van der Waals surface area contributed by atoms with Gasteiger partial charge in [0.1, 0.15) is 11.6 Å². The molecule has 5 nitrogen and oxygen atoms in total. The number of sulfonamides is 1. The van der Waals surface area contributed by atoms with E-state index >= 15 is 0 Å². The summed E-state index contributed by atoms with van der Waals surface area (Å²) >= 11 is 1.58. The number of carbonyl (C=O) groups excluding carboxylic acids is 1. The molecule has 148 valence electrons. The van der Waals surface area contributed by atoms with Crippen LogP contribution in [0.5, 0.6) is 0 Å². The van der Waals surface area contributed by atoms with Crippen LogP contribution in [0.3, 0.4) is 0 Å². The highest BCUT2D eigenvalue weighted by Gasteiger charge is 2.37. The molecule has 0 aromatic heterocycles. The predicted octanol–water partition coefficient (Wildman–Crippen LogP) is 4.00. The fraction of sp³-hybridized carbons (Fsp3) is 0.316. The highest BCUT2D eigenvalue weighted by Crippen LogP contribution is 2.42. The molecular formula is C19H18F2N2O3S2. The summed E-state index contributed by atoms with van der Waals surface area (Å²) in [7, 11) is -4.11. The van der Waals surface area contributed by atoms with Crippen molar-refractivity contribution in [2.75, 3.05) is 16.2 Å². The second kappa shape index (κ2) is 7.04. The van der Waals surface area contributed by atoms with E-state index in [1.165, 1.54) is 12.1 Å². The molecule has 0 saturated heterocycles. The monoisotopic (exact) mass is 424 g/mol. The second-order valence-electron chi connectivity index (χ2n) is 7.01.